The Morgan fingerprint density at radius 2 is 2.00 bits per heavy atom. The van der Waals surface area contributed by atoms with E-state index in [2.05, 4.69) is 5.32 Å². The summed E-state index contributed by atoms with van der Waals surface area (Å²) in [6, 6.07) is 4.25. The van der Waals surface area contributed by atoms with E-state index in [0.29, 0.717) is 18.4 Å². The number of halogens is 1. The second kappa shape index (κ2) is 7.58. The van der Waals surface area contributed by atoms with E-state index in [4.69, 9.17) is 11.6 Å². The van der Waals surface area contributed by atoms with Gasteiger partial charge in [-0.2, -0.15) is 0 Å². The van der Waals surface area contributed by atoms with Gasteiger partial charge < -0.3 is 15.3 Å². The number of rotatable bonds is 3. The maximum absolute atomic E-state index is 11.7. The molecule has 0 bridgehead atoms. The molecular formula is C17H22ClN3O4. The zero-order chi connectivity index (χ0) is 18.0. The van der Waals surface area contributed by atoms with Gasteiger partial charge in [0.15, 0.2) is 0 Å². The summed E-state index contributed by atoms with van der Waals surface area (Å²) in [7, 11) is 0. The number of nitrogens with zero attached hydrogens (tertiary/aromatic N) is 2. The van der Waals surface area contributed by atoms with Gasteiger partial charge in [0, 0.05) is 12.6 Å². The molecule has 0 spiro atoms. The lowest BCUT2D eigenvalue weighted by Gasteiger charge is -2.42. The predicted octanol–water partition coefficient (Wildman–Crippen LogP) is 3.68. The van der Waals surface area contributed by atoms with Gasteiger partial charge >= 0.3 is 6.09 Å². The maximum Gasteiger partial charge on any atom is 0.407 e. The highest BCUT2D eigenvalue weighted by atomic mass is 35.5. The van der Waals surface area contributed by atoms with Crippen molar-refractivity contribution in [3.8, 4) is 0 Å². The molecule has 1 amide bonds. The number of benzene rings is 1. The van der Waals surface area contributed by atoms with E-state index >= 15 is 0 Å². The third-order valence-corrected chi connectivity index (χ3v) is 5.80. The molecule has 1 aromatic carbocycles. The number of hydrogen-bond donors (Lipinski definition) is 2. The molecule has 2 atom stereocenters. The van der Waals surface area contributed by atoms with Crippen LogP contribution in [0.5, 0.6) is 0 Å². The van der Waals surface area contributed by atoms with Crippen molar-refractivity contribution < 1.29 is 14.8 Å². The van der Waals surface area contributed by atoms with Crippen molar-refractivity contribution in [2.45, 2.75) is 31.7 Å². The number of carboxylic acid groups (broad SMARTS) is 1. The molecule has 2 fully saturated rings. The fourth-order valence-electron chi connectivity index (χ4n) is 4.16. The minimum absolute atomic E-state index is 0.0526. The summed E-state index contributed by atoms with van der Waals surface area (Å²) in [5.41, 5.74) is 0.578. The molecule has 8 heteroatoms. The van der Waals surface area contributed by atoms with Gasteiger partial charge in [-0.15, -0.1) is 0 Å². The highest BCUT2D eigenvalue weighted by Crippen LogP contribution is 2.41. The third kappa shape index (κ3) is 3.88. The number of likely N-dealkylation sites (tertiary alicyclic amines) is 1. The lowest BCUT2D eigenvalue weighted by atomic mass is 9.76. The quantitative estimate of drug-likeness (QED) is 0.627. The zero-order valence-electron chi connectivity index (χ0n) is 13.9. The van der Waals surface area contributed by atoms with Crippen molar-refractivity contribution in [3.05, 3.63) is 38.9 Å². The molecule has 7 nitrogen and oxygen atoms in total. The molecule has 0 aromatic heterocycles. The first-order valence-corrected chi connectivity index (χ1v) is 8.99. The molecule has 2 aliphatic rings. The number of hydrogen-bond acceptors (Lipinski definition) is 4. The number of piperidine rings is 2. The Balaban J connectivity index is 1.84. The topological polar surface area (TPSA) is 95.7 Å². The highest BCUT2D eigenvalue weighted by Gasteiger charge is 2.36. The van der Waals surface area contributed by atoms with Crippen LogP contribution in [-0.4, -0.2) is 40.7 Å². The first-order valence-electron chi connectivity index (χ1n) is 8.61. The normalized spacial score (nSPS) is 24.9. The van der Waals surface area contributed by atoms with Gasteiger partial charge in [-0.1, -0.05) is 17.7 Å². The maximum atomic E-state index is 11.7. The summed E-state index contributed by atoms with van der Waals surface area (Å²) < 4.78 is 0. The van der Waals surface area contributed by atoms with E-state index in [1.807, 2.05) is 0 Å². The van der Waals surface area contributed by atoms with Crippen molar-refractivity contribution in [3.63, 3.8) is 0 Å². The Bertz CT molecular complexity index is 663. The van der Waals surface area contributed by atoms with Crippen LogP contribution in [0.4, 0.5) is 10.5 Å². The Morgan fingerprint density at radius 1 is 1.28 bits per heavy atom. The van der Waals surface area contributed by atoms with Gasteiger partial charge in [-0.05, 0) is 62.2 Å². The molecule has 1 aromatic rings. The van der Waals surface area contributed by atoms with E-state index in [9.17, 15) is 20.0 Å². The van der Waals surface area contributed by atoms with Gasteiger partial charge in [0.2, 0.25) is 0 Å². The molecule has 25 heavy (non-hydrogen) atoms. The monoisotopic (exact) mass is 367 g/mol. The second-order valence-corrected chi connectivity index (χ2v) is 7.24. The first-order chi connectivity index (χ1) is 12.0. The van der Waals surface area contributed by atoms with Crippen LogP contribution in [-0.2, 0) is 0 Å². The standard InChI is InChI=1S/C17H22ClN3O4/c18-14-9-13(1-2-15(14)21(24)25)16-10-12(5-8-20(16)17(22)23)11-3-6-19-7-4-11/h1-2,9,11-12,16,19H,3-8,10H2,(H,22,23)/t12?,16-/m1/s1. The molecular weight excluding hydrogens is 346 g/mol. The molecule has 2 saturated heterocycles. The zero-order valence-corrected chi connectivity index (χ0v) is 14.6. The van der Waals surface area contributed by atoms with Crippen LogP contribution in [0.15, 0.2) is 18.2 Å². The van der Waals surface area contributed by atoms with E-state index in [-0.39, 0.29) is 16.8 Å². The number of nitrogens with one attached hydrogen (secondary N) is 1. The van der Waals surface area contributed by atoms with Crippen molar-refractivity contribution in [1.82, 2.24) is 10.2 Å². The average Bonchev–Trinajstić information content (AvgIpc) is 2.61. The summed E-state index contributed by atoms with van der Waals surface area (Å²) in [5.74, 6) is 1.07. The van der Waals surface area contributed by atoms with Crippen molar-refractivity contribution in [1.29, 1.82) is 0 Å². The summed E-state index contributed by atoms with van der Waals surface area (Å²) in [6.45, 7) is 2.51. The average molecular weight is 368 g/mol. The minimum Gasteiger partial charge on any atom is -0.465 e. The third-order valence-electron chi connectivity index (χ3n) is 5.49. The predicted molar refractivity (Wildman–Crippen MR) is 93.9 cm³/mol. The first kappa shape index (κ1) is 17.9. The van der Waals surface area contributed by atoms with Crippen LogP contribution in [0.25, 0.3) is 0 Å². The van der Waals surface area contributed by atoms with Crippen LogP contribution in [0, 0.1) is 22.0 Å². The smallest absolute Gasteiger partial charge is 0.407 e. The van der Waals surface area contributed by atoms with Crippen LogP contribution < -0.4 is 5.32 Å². The Kier molecular flexibility index (Phi) is 5.44. The molecule has 2 N–H and O–H groups in total. The largest absolute Gasteiger partial charge is 0.465 e. The molecule has 1 unspecified atom stereocenters. The van der Waals surface area contributed by atoms with E-state index in [1.54, 1.807) is 12.1 Å². The van der Waals surface area contributed by atoms with E-state index in [0.717, 1.165) is 44.3 Å². The summed E-state index contributed by atoms with van der Waals surface area (Å²) in [6.07, 6.45) is 2.89. The molecule has 0 aliphatic carbocycles. The van der Waals surface area contributed by atoms with Crippen molar-refractivity contribution >= 4 is 23.4 Å². The summed E-state index contributed by atoms with van der Waals surface area (Å²) in [4.78, 5) is 23.5. The minimum atomic E-state index is -0.955. The molecule has 2 heterocycles. The SMILES string of the molecule is O=C(O)N1CCC(C2CCNCC2)C[C@@H]1c1ccc([N+](=O)[O-])c(Cl)c1. The second-order valence-electron chi connectivity index (χ2n) is 6.83. The highest BCUT2D eigenvalue weighted by molar-refractivity contribution is 6.32. The van der Waals surface area contributed by atoms with Gasteiger partial charge in [0.25, 0.3) is 5.69 Å². The lowest BCUT2D eigenvalue weighted by Crippen LogP contribution is -2.43. The Morgan fingerprint density at radius 3 is 2.60 bits per heavy atom. The van der Waals surface area contributed by atoms with E-state index < -0.39 is 11.0 Å². The van der Waals surface area contributed by atoms with Gasteiger partial charge in [0.1, 0.15) is 5.02 Å². The van der Waals surface area contributed by atoms with Gasteiger partial charge in [0.05, 0.1) is 11.0 Å². The molecule has 0 saturated carbocycles. The number of carbonyl (C=O) groups is 1. The van der Waals surface area contributed by atoms with Gasteiger partial charge in [-0.3, -0.25) is 10.1 Å². The number of nitro benzene ring substituents is 1. The fraction of sp³-hybridized carbons (Fsp3) is 0.588. The molecule has 0 radical (unpaired) electrons. The molecule has 3 rings (SSSR count). The summed E-state index contributed by atoms with van der Waals surface area (Å²) in [5, 5.41) is 23.9. The van der Waals surface area contributed by atoms with Crippen LogP contribution >= 0.6 is 11.6 Å². The Hall–Kier alpha value is -1.86. The van der Waals surface area contributed by atoms with Crippen molar-refractivity contribution in [2.24, 2.45) is 11.8 Å². The number of amides is 1. The fourth-order valence-corrected chi connectivity index (χ4v) is 4.42. The van der Waals surface area contributed by atoms with E-state index in [1.165, 1.54) is 11.0 Å². The van der Waals surface area contributed by atoms with Crippen LogP contribution in [0.2, 0.25) is 5.02 Å². The van der Waals surface area contributed by atoms with Gasteiger partial charge in [-0.25, -0.2) is 4.79 Å². The van der Waals surface area contributed by atoms with Crippen LogP contribution in [0.1, 0.15) is 37.3 Å². The number of nitro groups is 1. The summed E-state index contributed by atoms with van der Waals surface area (Å²) >= 11 is 6.04. The molecule has 136 valence electrons. The molecule has 2 aliphatic heterocycles. The Labute approximate surface area is 151 Å². The van der Waals surface area contributed by atoms with Crippen LogP contribution in [0.3, 0.4) is 0 Å². The van der Waals surface area contributed by atoms with Crippen molar-refractivity contribution in [2.75, 3.05) is 19.6 Å². The lowest BCUT2D eigenvalue weighted by molar-refractivity contribution is -0.384.